The fourth-order valence-electron chi connectivity index (χ4n) is 2.54. The van der Waals surface area contributed by atoms with Crippen LogP contribution in [0, 0.1) is 14.9 Å². The number of amides is 1. The second kappa shape index (κ2) is 9.72. The van der Waals surface area contributed by atoms with E-state index in [0.717, 1.165) is 9.13 Å². The van der Waals surface area contributed by atoms with Crippen LogP contribution in [0.25, 0.3) is 6.08 Å². The van der Waals surface area contributed by atoms with Gasteiger partial charge in [0.1, 0.15) is 24.0 Å². The van der Waals surface area contributed by atoms with Gasteiger partial charge in [-0.25, -0.2) is 0 Å². The van der Waals surface area contributed by atoms with Crippen molar-refractivity contribution in [3.8, 4) is 11.8 Å². The molecule has 3 rings (SSSR count). The number of nitrogens with zero attached hydrogens (tertiary/aromatic N) is 1. The number of nitriles is 1. The van der Waals surface area contributed by atoms with Crippen LogP contribution in [0.5, 0.6) is 5.75 Å². The molecule has 1 N–H and O–H groups in total. The van der Waals surface area contributed by atoms with Crippen molar-refractivity contribution >= 4 is 40.3 Å². The molecule has 0 atom stereocenters. The number of hydrogen-bond donors (Lipinski definition) is 1. The molecule has 3 aromatic carbocycles. The summed E-state index contributed by atoms with van der Waals surface area (Å²) < 4.78 is 6.89. The molecular weight excluding hydrogens is 463 g/mol. The van der Waals surface area contributed by atoms with Crippen LogP contribution >= 0.6 is 22.6 Å². The maximum Gasteiger partial charge on any atom is 0.266 e. The summed E-state index contributed by atoms with van der Waals surface area (Å²) in [6.45, 7) is 0.405. The molecule has 0 saturated carbocycles. The lowest BCUT2D eigenvalue weighted by Gasteiger charge is -2.10. The zero-order valence-electron chi connectivity index (χ0n) is 14.9. The number of rotatable bonds is 6. The molecule has 0 aliphatic rings. The molecule has 0 radical (unpaired) electrons. The fourth-order valence-corrected chi connectivity index (χ4v) is 3.08. The predicted octanol–water partition coefficient (Wildman–Crippen LogP) is 5.42. The van der Waals surface area contributed by atoms with Gasteiger partial charge in [-0.3, -0.25) is 4.79 Å². The molecule has 0 unspecified atom stereocenters. The van der Waals surface area contributed by atoms with Crippen LogP contribution in [0.1, 0.15) is 11.1 Å². The van der Waals surface area contributed by atoms with Crippen molar-refractivity contribution in [1.29, 1.82) is 5.26 Å². The molecule has 5 heteroatoms. The summed E-state index contributed by atoms with van der Waals surface area (Å²) in [5.41, 5.74) is 2.37. The Morgan fingerprint density at radius 1 is 1.04 bits per heavy atom. The van der Waals surface area contributed by atoms with Gasteiger partial charge in [0.25, 0.3) is 5.91 Å². The first-order chi connectivity index (χ1) is 13.7. The van der Waals surface area contributed by atoms with E-state index in [1.807, 2.05) is 78.9 Å². The SMILES string of the molecule is N#C/C(=C\c1ccccc1OCc1ccccc1)C(=O)Nc1cccc(I)c1. The van der Waals surface area contributed by atoms with Gasteiger partial charge in [-0.05, 0) is 58.5 Å². The van der Waals surface area contributed by atoms with Crippen molar-refractivity contribution in [2.45, 2.75) is 6.61 Å². The quantitative estimate of drug-likeness (QED) is 0.291. The van der Waals surface area contributed by atoms with E-state index >= 15 is 0 Å². The highest BCUT2D eigenvalue weighted by Crippen LogP contribution is 2.23. The lowest BCUT2D eigenvalue weighted by molar-refractivity contribution is -0.112. The first-order valence-electron chi connectivity index (χ1n) is 8.60. The van der Waals surface area contributed by atoms with Crippen LogP contribution in [0.15, 0.2) is 84.4 Å². The molecule has 3 aromatic rings. The number of hydrogen-bond acceptors (Lipinski definition) is 3. The van der Waals surface area contributed by atoms with Crippen molar-refractivity contribution < 1.29 is 9.53 Å². The summed E-state index contributed by atoms with van der Waals surface area (Å²) in [7, 11) is 0. The average Bonchev–Trinajstić information content (AvgIpc) is 2.72. The van der Waals surface area contributed by atoms with Crippen LogP contribution in [0.2, 0.25) is 0 Å². The third-order valence-electron chi connectivity index (χ3n) is 3.90. The number of anilines is 1. The van der Waals surface area contributed by atoms with E-state index < -0.39 is 5.91 Å². The van der Waals surface area contributed by atoms with E-state index in [4.69, 9.17) is 4.74 Å². The molecule has 1 amide bonds. The van der Waals surface area contributed by atoms with Crippen molar-refractivity contribution in [3.63, 3.8) is 0 Å². The van der Waals surface area contributed by atoms with Crippen molar-refractivity contribution in [2.24, 2.45) is 0 Å². The van der Waals surface area contributed by atoms with Crippen LogP contribution in [-0.2, 0) is 11.4 Å². The van der Waals surface area contributed by atoms with E-state index in [2.05, 4.69) is 27.9 Å². The van der Waals surface area contributed by atoms with Crippen LogP contribution in [-0.4, -0.2) is 5.91 Å². The van der Waals surface area contributed by atoms with Gasteiger partial charge in [0.15, 0.2) is 0 Å². The Morgan fingerprint density at radius 2 is 1.79 bits per heavy atom. The number of ether oxygens (including phenoxy) is 1. The maximum absolute atomic E-state index is 12.5. The number of carbonyl (C=O) groups is 1. The number of benzene rings is 3. The van der Waals surface area contributed by atoms with Gasteiger partial charge in [-0.1, -0.05) is 54.6 Å². The van der Waals surface area contributed by atoms with Crippen molar-refractivity contribution in [3.05, 3.63) is 99.1 Å². The lowest BCUT2D eigenvalue weighted by Crippen LogP contribution is -2.13. The Bertz CT molecular complexity index is 1040. The molecule has 0 aliphatic carbocycles. The zero-order valence-corrected chi connectivity index (χ0v) is 17.1. The smallest absolute Gasteiger partial charge is 0.266 e. The molecule has 0 heterocycles. The Labute approximate surface area is 177 Å². The van der Waals surface area contributed by atoms with E-state index in [1.165, 1.54) is 0 Å². The van der Waals surface area contributed by atoms with E-state index in [1.54, 1.807) is 12.1 Å². The topological polar surface area (TPSA) is 62.1 Å². The van der Waals surface area contributed by atoms with Gasteiger partial charge in [0.2, 0.25) is 0 Å². The van der Waals surface area contributed by atoms with E-state index in [0.29, 0.717) is 23.6 Å². The van der Waals surface area contributed by atoms with E-state index in [-0.39, 0.29) is 5.57 Å². The molecule has 0 saturated heterocycles. The number of halogens is 1. The highest BCUT2D eigenvalue weighted by Gasteiger charge is 2.11. The van der Waals surface area contributed by atoms with Gasteiger partial charge in [-0.15, -0.1) is 0 Å². The lowest BCUT2D eigenvalue weighted by atomic mass is 10.1. The van der Waals surface area contributed by atoms with Gasteiger partial charge < -0.3 is 10.1 Å². The minimum absolute atomic E-state index is 0.00891. The van der Waals surface area contributed by atoms with Gasteiger partial charge in [-0.2, -0.15) is 5.26 Å². The molecule has 0 bridgehead atoms. The summed E-state index contributed by atoms with van der Waals surface area (Å²) >= 11 is 2.17. The number of para-hydroxylation sites is 1. The fraction of sp³-hybridized carbons (Fsp3) is 0.0435. The van der Waals surface area contributed by atoms with Crippen molar-refractivity contribution in [1.82, 2.24) is 0 Å². The van der Waals surface area contributed by atoms with Gasteiger partial charge >= 0.3 is 0 Å². The molecule has 4 nitrogen and oxygen atoms in total. The van der Waals surface area contributed by atoms with E-state index in [9.17, 15) is 10.1 Å². The third-order valence-corrected chi connectivity index (χ3v) is 4.57. The normalized spacial score (nSPS) is 10.8. The summed E-state index contributed by atoms with van der Waals surface area (Å²) in [5.74, 6) is 0.156. The van der Waals surface area contributed by atoms with Crippen molar-refractivity contribution in [2.75, 3.05) is 5.32 Å². The molecular formula is C23H17IN2O2. The zero-order chi connectivity index (χ0) is 19.8. The standard InChI is InChI=1S/C23H17IN2O2/c24-20-10-6-11-21(14-20)26-23(27)19(15-25)13-18-9-4-5-12-22(18)28-16-17-7-2-1-3-8-17/h1-14H,16H2,(H,26,27)/b19-13+. The highest BCUT2D eigenvalue weighted by molar-refractivity contribution is 14.1. The Hall–Kier alpha value is -3.11. The first kappa shape index (κ1) is 19.6. The molecule has 0 aliphatic heterocycles. The summed E-state index contributed by atoms with van der Waals surface area (Å²) in [6.07, 6.45) is 1.55. The summed E-state index contributed by atoms with van der Waals surface area (Å²) in [6, 6.07) is 26.5. The van der Waals surface area contributed by atoms with Crippen LogP contribution in [0.4, 0.5) is 5.69 Å². The highest BCUT2D eigenvalue weighted by atomic mass is 127. The first-order valence-corrected chi connectivity index (χ1v) is 9.68. The minimum atomic E-state index is -0.456. The number of carbonyl (C=O) groups excluding carboxylic acids is 1. The molecule has 0 spiro atoms. The Balaban J connectivity index is 1.78. The molecule has 28 heavy (non-hydrogen) atoms. The second-order valence-corrected chi connectivity index (χ2v) is 7.19. The third kappa shape index (κ3) is 5.44. The monoisotopic (exact) mass is 480 g/mol. The molecule has 138 valence electrons. The summed E-state index contributed by atoms with van der Waals surface area (Å²) in [5, 5.41) is 12.2. The summed E-state index contributed by atoms with van der Waals surface area (Å²) in [4.78, 5) is 12.5. The largest absolute Gasteiger partial charge is 0.488 e. The maximum atomic E-state index is 12.5. The molecule has 0 fully saturated rings. The second-order valence-electron chi connectivity index (χ2n) is 5.95. The van der Waals surface area contributed by atoms with Crippen LogP contribution in [0.3, 0.4) is 0 Å². The predicted molar refractivity (Wildman–Crippen MR) is 119 cm³/mol. The van der Waals surface area contributed by atoms with Crippen LogP contribution < -0.4 is 10.1 Å². The van der Waals surface area contributed by atoms with Gasteiger partial charge in [0.05, 0.1) is 0 Å². The average molecular weight is 480 g/mol. The minimum Gasteiger partial charge on any atom is -0.488 e. The Morgan fingerprint density at radius 3 is 2.54 bits per heavy atom. The molecule has 0 aromatic heterocycles. The van der Waals surface area contributed by atoms with Gasteiger partial charge in [0, 0.05) is 14.8 Å². The Kier molecular flexibility index (Phi) is 6.82. The number of nitrogens with one attached hydrogen (secondary N) is 1.